The van der Waals surface area contributed by atoms with Crippen LogP contribution in [0.15, 0.2) is 0 Å². The third-order valence-corrected chi connectivity index (χ3v) is 2.70. The van der Waals surface area contributed by atoms with Crippen molar-refractivity contribution in [3.8, 4) is 0 Å². The van der Waals surface area contributed by atoms with Crippen LogP contribution in [0.3, 0.4) is 0 Å². The first-order chi connectivity index (χ1) is 9.24. The second-order valence-electron chi connectivity index (χ2n) is 6.92. The minimum Gasteiger partial charge on any atom is -0.330 e. The average Bonchev–Trinajstić information content (AvgIpc) is 2.29. The summed E-state index contributed by atoms with van der Waals surface area (Å²) >= 11 is 0. The number of hydrogen-bond acceptors (Lipinski definition) is 3. The van der Waals surface area contributed by atoms with Gasteiger partial charge in [0.2, 0.25) is 0 Å². The molecule has 0 rings (SSSR count). The molecule has 6 N–H and O–H groups in total. The van der Waals surface area contributed by atoms with Crippen molar-refractivity contribution in [2.75, 3.05) is 19.6 Å². The summed E-state index contributed by atoms with van der Waals surface area (Å²) < 4.78 is 0. The lowest BCUT2D eigenvalue weighted by Gasteiger charge is -2.15. The molecular formula is C17H43N3. The Morgan fingerprint density at radius 3 is 1.50 bits per heavy atom. The van der Waals surface area contributed by atoms with E-state index >= 15 is 0 Å². The van der Waals surface area contributed by atoms with Crippen LogP contribution in [0.2, 0.25) is 0 Å². The quantitative estimate of drug-likeness (QED) is 0.622. The average molecular weight is 290 g/mol. The van der Waals surface area contributed by atoms with Crippen molar-refractivity contribution < 1.29 is 0 Å². The molecule has 20 heavy (non-hydrogen) atoms. The van der Waals surface area contributed by atoms with Gasteiger partial charge in [-0.25, -0.2) is 0 Å². The first-order valence-corrected chi connectivity index (χ1v) is 8.35. The minimum atomic E-state index is 0.425. The molecule has 0 saturated heterocycles. The molecule has 0 bridgehead atoms. The lowest BCUT2D eigenvalue weighted by Crippen LogP contribution is -2.12. The summed E-state index contributed by atoms with van der Waals surface area (Å²) in [4.78, 5) is 0. The number of rotatable bonds is 7. The van der Waals surface area contributed by atoms with Crippen LogP contribution in [0, 0.1) is 11.3 Å². The zero-order valence-corrected chi connectivity index (χ0v) is 15.2. The molecule has 126 valence electrons. The largest absolute Gasteiger partial charge is 0.330 e. The molecule has 0 aliphatic rings. The fraction of sp³-hybridized carbons (Fsp3) is 1.00. The van der Waals surface area contributed by atoms with Gasteiger partial charge in [0.25, 0.3) is 0 Å². The Morgan fingerprint density at radius 1 is 0.800 bits per heavy atom. The molecule has 0 aromatic carbocycles. The first kappa shape index (κ1) is 24.9. The lowest BCUT2D eigenvalue weighted by molar-refractivity contribution is 0.385. The van der Waals surface area contributed by atoms with E-state index in [0.29, 0.717) is 5.41 Å². The van der Waals surface area contributed by atoms with Crippen LogP contribution in [-0.2, 0) is 0 Å². The summed E-state index contributed by atoms with van der Waals surface area (Å²) in [7, 11) is 0. The van der Waals surface area contributed by atoms with Crippen molar-refractivity contribution in [2.24, 2.45) is 28.5 Å². The van der Waals surface area contributed by atoms with E-state index in [-0.39, 0.29) is 0 Å². The lowest BCUT2D eigenvalue weighted by atomic mass is 9.93. The third kappa shape index (κ3) is 43.0. The molecule has 3 nitrogen and oxygen atoms in total. The molecule has 0 atom stereocenters. The van der Waals surface area contributed by atoms with E-state index < -0.39 is 0 Å². The topological polar surface area (TPSA) is 78.1 Å². The van der Waals surface area contributed by atoms with Gasteiger partial charge < -0.3 is 17.2 Å². The fourth-order valence-corrected chi connectivity index (χ4v) is 1.34. The summed E-state index contributed by atoms with van der Waals surface area (Å²) in [6.07, 6.45) is 7.44. The Hall–Kier alpha value is -0.120. The van der Waals surface area contributed by atoms with Crippen molar-refractivity contribution in [3.05, 3.63) is 0 Å². The molecule has 0 amide bonds. The zero-order chi connectivity index (χ0) is 16.4. The number of nitrogens with two attached hydrogens (primary N) is 3. The molecule has 0 spiro atoms. The van der Waals surface area contributed by atoms with Gasteiger partial charge in [0, 0.05) is 0 Å². The normalized spacial score (nSPS) is 10.5. The summed E-state index contributed by atoms with van der Waals surface area (Å²) in [5, 5.41) is 0. The smallest absolute Gasteiger partial charge is 0.00723 e. The van der Waals surface area contributed by atoms with Crippen LogP contribution < -0.4 is 17.2 Å². The molecule has 0 saturated carbocycles. The Morgan fingerprint density at radius 2 is 1.35 bits per heavy atom. The van der Waals surface area contributed by atoms with Crippen molar-refractivity contribution in [3.63, 3.8) is 0 Å². The van der Waals surface area contributed by atoms with Crippen LogP contribution in [-0.4, -0.2) is 19.6 Å². The fourth-order valence-electron chi connectivity index (χ4n) is 1.34. The first-order valence-electron chi connectivity index (χ1n) is 8.35. The standard InChI is InChI=1S/2C6H15N.C5H13N/c1-6(2,3)4-5-7;1-2-3-4-5-6-7;1-5(2)3-4-6/h4-5,7H2,1-3H3;2-7H2,1H3;5H,3-4,6H2,1-2H3. The molecule has 0 fully saturated rings. The van der Waals surface area contributed by atoms with Gasteiger partial charge in [-0.1, -0.05) is 60.8 Å². The van der Waals surface area contributed by atoms with Crippen LogP contribution in [0.5, 0.6) is 0 Å². The minimum absolute atomic E-state index is 0.425. The van der Waals surface area contributed by atoms with E-state index in [0.717, 1.165) is 38.4 Å². The molecule has 0 aromatic heterocycles. The SMILES string of the molecule is CC(C)(C)CCN.CC(C)CCN.CCCCCCN. The monoisotopic (exact) mass is 289 g/mol. The van der Waals surface area contributed by atoms with Crippen molar-refractivity contribution in [1.29, 1.82) is 0 Å². The van der Waals surface area contributed by atoms with Crippen LogP contribution >= 0.6 is 0 Å². The van der Waals surface area contributed by atoms with Gasteiger partial charge in [0.15, 0.2) is 0 Å². The Bertz CT molecular complexity index is 147. The van der Waals surface area contributed by atoms with Crippen LogP contribution in [0.1, 0.15) is 80.1 Å². The van der Waals surface area contributed by atoms with Gasteiger partial charge in [-0.05, 0) is 50.2 Å². The van der Waals surface area contributed by atoms with Gasteiger partial charge in [-0.2, -0.15) is 0 Å². The molecule has 0 radical (unpaired) electrons. The van der Waals surface area contributed by atoms with E-state index in [2.05, 4.69) is 41.5 Å². The van der Waals surface area contributed by atoms with Crippen LogP contribution in [0.25, 0.3) is 0 Å². The van der Waals surface area contributed by atoms with E-state index in [1.807, 2.05) is 0 Å². The Labute approximate surface area is 129 Å². The summed E-state index contributed by atoms with van der Waals surface area (Å²) in [6, 6.07) is 0. The second kappa shape index (κ2) is 18.9. The summed E-state index contributed by atoms with van der Waals surface area (Å²) in [5.41, 5.74) is 16.2. The zero-order valence-electron chi connectivity index (χ0n) is 15.2. The Kier molecular flexibility index (Phi) is 23.5. The maximum atomic E-state index is 5.31. The number of unbranched alkanes of at least 4 members (excludes halogenated alkanes) is 3. The highest BCUT2D eigenvalue weighted by Crippen LogP contribution is 2.16. The predicted molar refractivity (Wildman–Crippen MR) is 94.8 cm³/mol. The number of hydrogen-bond donors (Lipinski definition) is 3. The van der Waals surface area contributed by atoms with Crippen molar-refractivity contribution >= 4 is 0 Å². The molecule has 3 heteroatoms. The summed E-state index contributed by atoms with van der Waals surface area (Å²) in [6.45, 7) is 15.6. The van der Waals surface area contributed by atoms with Gasteiger partial charge in [-0.15, -0.1) is 0 Å². The highest BCUT2D eigenvalue weighted by molar-refractivity contribution is 4.60. The van der Waals surface area contributed by atoms with Crippen LogP contribution in [0.4, 0.5) is 0 Å². The maximum Gasteiger partial charge on any atom is -0.00723 e. The third-order valence-electron chi connectivity index (χ3n) is 2.70. The van der Waals surface area contributed by atoms with E-state index in [9.17, 15) is 0 Å². The summed E-state index contributed by atoms with van der Waals surface area (Å²) in [5.74, 6) is 0.773. The maximum absolute atomic E-state index is 5.31. The Balaban J connectivity index is -0.000000218. The predicted octanol–water partition coefficient (Wildman–Crippen LogP) is 3.90. The van der Waals surface area contributed by atoms with Crippen molar-refractivity contribution in [1.82, 2.24) is 0 Å². The van der Waals surface area contributed by atoms with Gasteiger partial charge >= 0.3 is 0 Å². The molecule has 0 aliphatic carbocycles. The highest BCUT2D eigenvalue weighted by Gasteiger charge is 2.06. The van der Waals surface area contributed by atoms with Crippen molar-refractivity contribution in [2.45, 2.75) is 80.1 Å². The van der Waals surface area contributed by atoms with Gasteiger partial charge in [-0.3, -0.25) is 0 Å². The van der Waals surface area contributed by atoms with Gasteiger partial charge in [0.1, 0.15) is 0 Å². The highest BCUT2D eigenvalue weighted by atomic mass is 14.5. The molecule has 0 aliphatic heterocycles. The second-order valence-corrected chi connectivity index (χ2v) is 6.92. The molecule has 0 unspecified atom stereocenters. The van der Waals surface area contributed by atoms with E-state index in [1.165, 1.54) is 25.7 Å². The van der Waals surface area contributed by atoms with E-state index in [4.69, 9.17) is 17.2 Å². The molecular weight excluding hydrogens is 246 g/mol. The van der Waals surface area contributed by atoms with Gasteiger partial charge in [0.05, 0.1) is 0 Å². The van der Waals surface area contributed by atoms with E-state index in [1.54, 1.807) is 0 Å². The molecule has 0 aromatic rings. The molecule has 0 heterocycles.